The molecule has 0 fully saturated rings. The lowest BCUT2D eigenvalue weighted by Crippen LogP contribution is -2.37. The molecular formula is C16H25NO2. The van der Waals surface area contributed by atoms with Gasteiger partial charge in [0.1, 0.15) is 6.10 Å². The van der Waals surface area contributed by atoms with Gasteiger partial charge in [0.15, 0.2) is 0 Å². The first-order valence-corrected chi connectivity index (χ1v) is 7.10. The van der Waals surface area contributed by atoms with Gasteiger partial charge in [-0.2, -0.15) is 0 Å². The van der Waals surface area contributed by atoms with E-state index in [2.05, 4.69) is 19.2 Å². The van der Waals surface area contributed by atoms with E-state index in [0.29, 0.717) is 12.5 Å². The van der Waals surface area contributed by atoms with Gasteiger partial charge in [-0.1, -0.05) is 57.0 Å². The minimum atomic E-state index is -0.408. The lowest BCUT2D eigenvalue weighted by atomic mass is 10.0. The number of carbonyl (C=O) groups is 1. The van der Waals surface area contributed by atoms with Crippen molar-refractivity contribution in [2.24, 2.45) is 5.92 Å². The zero-order valence-electron chi connectivity index (χ0n) is 12.2. The van der Waals surface area contributed by atoms with E-state index in [9.17, 15) is 4.79 Å². The van der Waals surface area contributed by atoms with Crippen molar-refractivity contribution in [1.82, 2.24) is 5.32 Å². The van der Waals surface area contributed by atoms with Gasteiger partial charge in [0, 0.05) is 6.54 Å². The van der Waals surface area contributed by atoms with Gasteiger partial charge in [-0.3, -0.25) is 4.79 Å². The van der Waals surface area contributed by atoms with E-state index in [0.717, 1.165) is 24.9 Å². The summed E-state index contributed by atoms with van der Waals surface area (Å²) < 4.78 is 5.58. The summed E-state index contributed by atoms with van der Waals surface area (Å²) in [4.78, 5) is 11.9. The lowest BCUT2D eigenvalue weighted by molar-refractivity contribution is -0.132. The van der Waals surface area contributed by atoms with Gasteiger partial charge >= 0.3 is 0 Å². The highest BCUT2D eigenvalue weighted by molar-refractivity contribution is 5.80. The maximum absolute atomic E-state index is 11.9. The van der Waals surface area contributed by atoms with Crippen LogP contribution in [0.25, 0.3) is 0 Å². The van der Waals surface area contributed by atoms with E-state index in [1.807, 2.05) is 30.3 Å². The van der Waals surface area contributed by atoms with Gasteiger partial charge in [0.25, 0.3) is 0 Å². The number of ether oxygens (including phenoxy) is 1. The van der Waals surface area contributed by atoms with Crippen molar-refractivity contribution in [1.29, 1.82) is 0 Å². The summed E-state index contributed by atoms with van der Waals surface area (Å²) in [5.41, 5.74) is 1.09. The normalized spacial score (nSPS) is 12.4. The maximum Gasteiger partial charge on any atom is 0.248 e. The molecule has 0 bridgehead atoms. The average Bonchev–Trinajstić information content (AvgIpc) is 2.46. The molecule has 1 aromatic carbocycles. The summed E-state index contributed by atoms with van der Waals surface area (Å²) in [5, 5.41) is 2.96. The highest BCUT2D eigenvalue weighted by Gasteiger charge is 2.14. The fourth-order valence-corrected chi connectivity index (χ4v) is 1.84. The Hall–Kier alpha value is -1.35. The van der Waals surface area contributed by atoms with Crippen molar-refractivity contribution in [2.45, 2.75) is 46.3 Å². The van der Waals surface area contributed by atoms with Crippen LogP contribution in [0, 0.1) is 5.92 Å². The van der Waals surface area contributed by atoms with Crippen LogP contribution in [0.4, 0.5) is 0 Å². The molecule has 0 aliphatic rings. The summed E-state index contributed by atoms with van der Waals surface area (Å²) in [7, 11) is 0. The Bertz CT molecular complexity index is 360. The maximum atomic E-state index is 11.9. The molecule has 0 aliphatic carbocycles. The molecule has 106 valence electrons. The summed E-state index contributed by atoms with van der Waals surface area (Å²) >= 11 is 0. The average molecular weight is 263 g/mol. The molecule has 1 rings (SSSR count). The Kier molecular flexibility index (Phi) is 7.19. The molecular weight excluding hydrogens is 238 g/mol. The molecule has 3 nitrogen and oxygen atoms in total. The molecule has 0 saturated heterocycles. The van der Waals surface area contributed by atoms with Crippen LogP contribution in [-0.4, -0.2) is 18.6 Å². The van der Waals surface area contributed by atoms with Crippen LogP contribution in [0.5, 0.6) is 0 Å². The Morgan fingerprint density at radius 1 is 1.21 bits per heavy atom. The van der Waals surface area contributed by atoms with Gasteiger partial charge in [0.05, 0.1) is 6.61 Å². The highest BCUT2D eigenvalue weighted by Crippen LogP contribution is 2.06. The molecule has 0 spiro atoms. The molecule has 0 aromatic heterocycles. The monoisotopic (exact) mass is 263 g/mol. The summed E-state index contributed by atoms with van der Waals surface area (Å²) in [6, 6.07) is 9.89. The molecule has 1 N–H and O–H groups in total. The number of amides is 1. The van der Waals surface area contributed by atoms with Gasteiger partial charge in [-0.15, -0.1) is 0 Å². The van der Waals surface area contributed by atoms with E-state index in [-0.39, 0.29) is 5.91 Å². The second-order valence-electron chi connectivity index (χ2n) is 4.87. The van der Waals surface area contributed by atoms with Gasteiger partial charge < -0.3 is 10.1 Å². The predicted molar refractivity (Wildman–Crippen MR) is 77.8 cm³/mol. The third kappa shape index (κ3) is 5.88. The molecule has 0 radical (unpaired) electrons. The standard InChI is InChI=1S/C16H25NO2/c1-4-14(5-2)11-17-16(18)13(3)19-12-15-9-7-6-8-10-15/h6-10,13-14H,4-5,11-12H2,1-3H3,(H,17,18). The molecule has 0 aliphatic heterocycles. The molecule has 1 unspecified atom stereocenters. The third-order valence-electron chi connectivity index (χ3n) is 3.43. The van der Waals surface area contributed by atoms with Gasteiger partial charge in [-0.25, -0.2) is 0 Å². The van der Waals surface area contributed by atoms with Crippen molar-refractivity contribution in [2.75, 3.05) is 6.54 Å². The van der Waals surface area contributed by atoms with Gasteiger partial charge in [0.2, 0.25) is 5.91 Å². The third-order valence-corrected chi connectivity index (χ3v) is 3.43. The van der Waals surface area contributed by atoms with Crippen molar-refractivity contribution in [3.05, 3.63) is 35.9 Å². The van der Waals surface area contributed by atoms with Crippen molar-refractivity contribution in [3.8, 4) is 0 Å². The van der Waals surface area contributed by atoms with E-state index >= 15 is 0 Å². The van der Waals surface area contributed by atoms with Crippen LogP contribution in [0.15, 0.2) is 30.3 Å². The number of rotatable bonds is 8. The van der Waals surface area contributed by atoms with E-state index in [1.165, 1.54) is 0 Å². The van der Waals surface area contributed by atoms with Crippen molar-refractivity contribution < 1.29 is 9.53 Å². The number of hydrogen-bond acceptors (Lipinski definition) is 2. The number of hydrogen-bond donors (Lipinski definition) is 1. The molecule has 19 heavy (non-hydrogen) atoms. The van der Waals surface area contributed by atoms with Crippen LogP contribution in [0.3, 0.4) is 0 Å². The lowest BCUT2D eigenvalue weighted by Gasteiger charge is -2.17. The number of carbonyl (C=O) groups excluding carboxylic acids is 1. The minimum absolute atomic E-state index is 0.0252. The quantitative estimate of drug-likeness (QED) is 0.782. The largest absolute Gasteiger partial charge is 0.364 e. The smallest absolute Gasteiger partial charge is 0.248 e. The molecule has 3 heteroatoms. The van der Waals surface area contributed by atoms with Crippen LogP contribution in [0.2, 0.25) is 0 Å². The number of nitrogens with one attached hydrogen (secondary N) is 1. The molecule has 1 atom stereocenters. The van der Waals surface area contributed by atoms with Crippen molar-refractivity contribution in [3.63, 3.8) is 0 Å². The van der Waals surface area contributed by atoms with E-state index in [1.54, 1.807) is 6.92 Å². The highest BCUT2D eigenvalue weighted by atomic mass is 16.5. The molecule has 1 amide bonds. The van der Waals surface area contributed by atoms with Crippen LogP contribution < -0.4 is 5.32 Å². The number of benzene rings is 1. The zero-order valence-corrected chi connectivity index (χ0v) is 12.2. The second-order valence-corrected chi connectivity index (χ2v) is 4.87. The Morgan fingerprint density at radius 3 is 2.42 bits per heavy atom. The molecule has 1 aromatic rings. The van der Waals surface area contributed by atoms with E-state index < -0.39 is 6.10 Å². The Balaban J connectivity index is 2.29. The fraction of sp³-hybridized carbons (Fsp3) is 0.562. The van der Waals surface area contributed by atoms with E-state index in [4.69, 9.17) is 4.74 Å². The second kappa shape index (κ2) is 8.70. The molecule has 0 saturated carbocycles. The van der Waals surface area contributed by atoms with Gasteiger partial charge in [-0.05, 0) is 18.4 Å². The minimum Gasteiger partial charge on any atom is -0.364 e. The Morgan fingerprint density at radius 2 is 1.84 bits per heavy atom. The first kappa shape index (κ1) is 15.7. The summed E-state index contributed by atoms with van der Waals surface area (Å²) in [6.07, 6.45) is 1.78. The molecule has 0 heterocycles. The Labute approximate surface area is 116 Å². The summed E-state index contributed by atoms with van der Waals surface area (Å²) in [6.45, 7) is 7.31. The topological polar surface area (TPSA) is 38.3 Å². The van der Waals surface area contributed by atoms with Crippen LogP contribution in [-0.2, 0) is 16.1 Å². The van der Waals surface area contributed by atoms with Crippen LogP contribution in [0.1, 0.15) is 39.2 Å². The first-order valence-electron chi connectivity index (χ1n) is 7.10. The van der Waals surface area contributed by atoms with Crippen molar-refractivity contribution >= 4 is 5.91 Å². The van der Waals surface area contributed by atoms with Crippen LogP contribution >= 0.6 is 0 Å². The fourth-order valence-electron chi connectivity index (χ4n) is 1.84. The first-order chi connectivity index (χ1) is 9.17. The summed E-state index contributed by atoms with van der Waals surface area (Å²) in [5.74, 6) is 0.535. The zero-order chi connectivity index (χ0) is 14.1. The SMILES string of the molecule is CCC(CC)CNC(=O)C(C)OCc1ccccc1. The predicted octanol–water partition coefficient (Wildman–Crippen LogP) is 3.14.